The Balaban J connectivity index is 1.67. The van der Waals surface area contributed by atoms with E-state index in [0.717, 1.165) is 6.42 Å². The van der Waals surface area contributed by atoms with Crippen LogP contribution in [-0.4, -0.2) is 0 Å². The molecular weight excluding hydrogens is 338 g/mol. The lowest BCUT2D eigenvalue weighted by molar-refractivity contribution is 0.320. The van der Waals surface area contributed by atoms with Crippen molar-refractivity contribution in [2.75, 3.05) is 5.32 Å². The molecule has 2 aliphatic rings. The van der Waals surface area contributed by atoms with Gasteiger partial charge in [-0.15, -0.1) is 0 Å². The second-order valence-electron chi connectivity index (χ2n) is 8.41. The first-order valence-corrected chi connectivity index (χ1v) is 10.2. The van der Waals surface area contributed by atoms with Gasteiger partial charge >= 0.3 is 0 Å². The molecule has 28 heavy (non-hydrogen) atoms. The summed E-state index contributed by atoms with van der Waals surface area (Å²) in [5.41, 5.74) is 7.14. The van der Waals surface area contributed by atoms with Gasteiger partial charge in [0.25, 0.3) is 0 Å². The molecule has 0 radical (unpaired) electrons. The molecule has 4 aromatic carbocycles. The second kappa shape index (κ2) is 5.72. The van der Waals surface area contributed by atoms with Crippen molar-refractivity contribution < 1.29 is 0 Å². The van der Waals surface area contributed by atoms with Gasteiger partial charge in [0.1, 0.15) is 0 Å². The van der Waals surface area contributed by atoms with Crippen molar-refractivity contribution in [1.29, 1.82) is 0 Å². The molecular formula is C27H23N. The van der Waals surface area contributed by atoms with Gasteiger partial charge in [-0.1, -0.05) is 97.9 Å². The molecule has 136 valence electrons. The summed E-state index contributed by atoms with van der Waals surface area (Å²) in [6, 6.07) is 33.7. The molecule has 4 aromatic rings. The van der Waals surface area contributed by atoms with Crippen molar-refractivity contribution in [3.63, 3.8) is 0 Å². The van der Waals surface area contributed by atoms with Gasteiger partial charge in [0, 0.05) is 22.4 Å². The van der Waals surface area contributed by atoms with Crippen molar-refractivity contribution in [2.45, 2.75) is 24.8 Å². The minimum Gasteiger partial charge on any atom is -0.377 e. The molecule has 6 rings (SSSR count). The van der Waals surface area contributed by atoms with Crippen LogP contribution in [0.15, 0.2) is 91.0 Å². The third-order valence-electron chi connectivity index (χ3n) is 7.11. The Hall–Kier alpha value is -3.06. The van der Waals surface area contributed by atoms with Crippen LogP contribution in [0.25, 0.3) is 10.8 Å². The van der Waals surface area contributed by atoms with Gasteiger partial charge in [-0.05, 0) is 34.1 Å². The molecule has 0 aromatic heterocycles. The van der Waals surface area contributed by atoms with E-state index in [2.05, 4.69) is 103 Å². The van der Waals surface area contributed by atoms with Crippen molar-refractivity contribution >= 4 is 16.5 Å². The Labute approximate surface area is 166 Å². The van der Waals surface area contributed by atoms with Crippen LogP contribution in [0.4, 0.5) is 5.69 Å². The molecule has 3 atom stereocenters. The quantitative estimate of drug-likeness (QED) is 0.409. The lowest BCUT2D eigenvalue weighted by atomic mass is 9.64. The summed E-state index contributed by atoms with van der Waals surface area (Å²) in [5, 5.41) is 6.61. The van der Waals surface area contributed by atoms with E-state index in [1.807, 2.05) is 0 Å². The van der Waals surface area contributed by atoms with Crippen molar-refractivity contribution in [1.82, 2.24) is 0 Å². The largest absolute Gasteiger partial charge is 0.377 e. The molecule has 0 saturated carbocycles. The molecule has 0 amide bonds. The van der Waals surface area contributed by atoms with Crippen molar-refractivity contribution in [3.05, 3.63) is 113 Å². The summed E-state index contributed by atoms with van der Waals surface area (Å²) in [7, 11) is 0. The topological polar surface area (TPSA) is 12.0 Å². The monoisotopic (exact) mass is 361 g/mol. The molecule has 0 saturated heterocycles. The Morgan fingerprint density at radius 3 is 2.39 bits per heavy atom. The summed E-state index contributed by atoms with van der Waals surface area (Å²) in [4.78, 5) is 0. The van der Waals surface area contributed by atoms with Crippen molar-refractivity contribution in [2.24, 2.45) is 5.92 Å². The van der Waals surface area contributed by atoms with Gasteiger partial charge in [-0.25, -0.2) is 0 Å². The summed E-state index contributed by atoms with van der Waals surface area (Å²) in [6.45, 7) is 2.47. The third-order valence-corrected chi connectivity index (χ3v) is 7.11. The highest BCUT2D eigenvalue weighted by atomic mass is 15.0. The highest BCUT2D eigenvalue weighted by Crippen LogP contribution is 2.58. The van der Waals surface area contributed by atoms with Crippen LogP contribution in [0.1, 0.15) is 35.2 Å². The first kappa shape index (κ1) is 15.9. The van der Waals surface area contributed by atoms with Gasteiger partial charge in [0.2, 0.25) is 0 Å². The lowest BCUT2D eigenvalue weighted by Crippen LogP contribution is -2.41. The first-order chi connectivity index (χ1) is 13.8. The fourth-order valence-electron chi connectivity index (χ4n) is 5.73. The molecule has 1 aliphatic heterocycles. The fraction of sp³-hybridized carbons (Fsp3) is 0.185. The highest BCUT2D eigenvalue weighted by Gasteiger charge is 2.51. The number of rotatable bonds is 1. The number of benzene rings is 4. The van der Waals surface area contributed by atoms with E-state index in [4.69, 9.17) is 0 Å². The second-order valence-corrected chi connectivity index (χ2v) is 8.41. The number of hydrogen-bond donors (Lipinski definition) is 1. The number of fused-ring (bicyclic) bond motifs is 7. The third kappa shape index (κ3) is 2.02. The Morgan fingerprint density at radius 1 is 0.750 bits per heavy atom. The molecule has 0 bridgehead atoms. The average Bonchev–Trinajstić information content (AvgIpc) is 3.07. The van der Waals surface area contributed by atoms with E-state index in [1.54, 1.807) is 0 Å². The first-order valence-electron chi connectivity index (χ1n) is 10.2. The van der Waals surface area contributed by atoms with Crippen LogP contribution in [0, 0.1) is 5.92 Å². The molecule has 1 heterocycles. The van der Waals surface area contributed by atoms with E-state index in [1.165, 1.54) is 38.7 Å². The predicted octanol–water partition coefficient (Wildman–Crippen LogP) is 6.48. The number of nitrogens with one attached hydrogen (secondary N) is 1. The van der Waals surface area contributed by atoms with Crippen molar-refractivity contribution in [3.8, 4) is 0 Å². The minimum absolute atomic E-state index is 0.0156. The lowest BCUT2D eigenvalue weighted by Gasteiger charge is -2.45. The maximum Gasteiger partial charge on any atom is 0.0557 e. The Kier molecular flexibility index (Phi) is 3.26. The average molecular weight is 361 g/mol. The van der Waals surface area contributed by atoms with Crippen LogP contribution in [0.2, 0.25) is 0 Å². The van der Waals surface area contributed by atoms with Gasteiger partial charge < -0.3 is 5.32 Å². The molecule has 1 nitrogen and oxygen atoms in total. The zero-order chi connectivity index (χ0) is 18.7. The van der Waals surface area contributed by atoms with Gasteiger partial charge in [-0.3, -0.25) is 0 Å². The standard InChI is InChI=1S/C27H23N/c1-27-22-14-8-6-12-20(22)17-24(27)25(19-10-3-2-4-11-19)28-26-21-13-7-5-9-18(21)15-16-23(26)27/h2-16,24-25,28H,17H2,1H3/t24-,25+,27+/m1/s1. The molecule has 0 fully saturated rings. The Morgan fingerprint density at radius 2 is 1.50 bits per heavy atom. The van der Waals surface area contributed by atoms with E-state index in [0.29, 0.717) is 12.0 Å². The maximum absolute atomic E-state index is 3.99. The molecule has 1 aliphatic carbocycles. The van der Waals surface area contributed by atoms with Crippen LogP contribution >= 0.6 is 0 Å². The number of anilines is 1. The van der Waals surface area contributed by atoms with Crippen LogP contribution in [0.3, 0.4) is 0 Å². The SMILES string of the molecule is C[C@@]12c3ccccc3C[C@@H]1[C@H](c1ccccc1)Nc1c2ccc2ccccc12. The summed E-state index contributed by atoms with van der Waals surface area (Å²) in [6.07, 6.45) is 1.12. The molecule has 1 heteroatoms. The van der Waals surface area contributed by atoms with E-state index < -0.39 is 0 Å². The number of hydrogen-bond acceptors (Lipinski definition) is 1. The molecule has 1 N–H and O–H groups in total. The van der Waals surface area contributed by atoms with Gasteiger partial charge in [-0.2, -0.15) is 0 Å². The maximum atomic E-state index is 3.99. The highest BCUT2D eigenvalue weighted by molar-refractivity contribution is 5.97. The smallest absolute Gasteiger partial charge is 0.0557 e. The normalized spacial score (nSPS) is 24.9. The zero-order valence-corrected chi connectivity index (χ0v) is 16.0. The zero-order valence-electron chi connectivity index (χ0n) is 16.0. The Bertz CT molecular complexity index is 1190. The molecule has 0 unspecified atom stereocenters. The predicted molar refractivity (Wildman–Crippen MR) is 117 cm³/mol. The van der Waals surface area contributed by atoms with Crippen LogP contribution in [0.5, 0.6) is 0 Å². The van der Waals surface area contributed by atoms with E-state index in [9.17, 15) is 0 Å². The van der Waals surface area contributed by atoms with Crippen LogP contribution < -0.4 is 5.32 Å². The summed E-state index contributed by atoms with van der Waals surface area (Å²) in [5.74, 6) is 0.501. The summed E-state index contributed by atoms with van der Waals surface area (Å²) < 4.78 is 0. The fourth-order valence-corrected chi connectivity index (χ4v) is 5.73. The van der Waals surface area contributed by atoms with E-state index in [-0.39, 0.29) is 5.41 Å². The van der Waals surface area contributed by atoms with Gasteiger partial charge in [0.15, 0.2) is 0 Å². The summed E-state index contributed by atoms with van der Waals surface area (Å²) >= 11 is 0. The van der Waals surface area contributed by atoms with Gasteiger partial charge in [0.05, 0.1) is 6.04 Å². The van der Waals surface area contributed by atoms with E-state index >= 15 is 0 Å². The molecule has 0 spiro atoms. The minimum atomic E-state index is 0.0156. The van der Waals surface area contributed by atoms with Crippen LogP contribution in [-0.2, 0) is 11.8 Å².